The second kappa shape index (κ2) is 4.10. The van der Waals surface area contributed by atoms with Crippen molar-refractivity contribution in [2.24, 2.45) is 5.11 Å². The molecule has 1 aromatic heterocycles. The number of Topliss-reactive ketones (excluding diaryl/α,β-unsaturated/α-hetero) is 1. The molecule has 0 saturated carbocycles. The normalized spacial score (nSPS) is 8.67. The largest absolute Gasteiger partial charge is 0.294 e. The van der Waals surface area contributed by atoms with E-state index in [-0.39, 0.29) is 12.3 Å². The second-order valence-electron chi connectivity index (χ2n) is 2.05. The van der Waals surface area contributed by atoms with E-state index in [9.17, 15) is 4.79 Å². The molecule has 0 aliphatic heterocycles. The number of hydrogen-bond acceptors (Lipinski definition) is 3. The highest BCUT2D eigenvalue weighted by Gasteiger charge is 2.01. The maximum absolute atomic E-state index is 11.1. The minimum absolute atomic E-state index is 0.151. The van der Waals surface area contributed by atoms with Crippen molar-refractivity contribution in [2.75, 3.05) is 6.54 Å². The van der Waals surface area contributed by atoms with Crippen LogP contribution in [0.3, 0.4) is 0 Å². The summed E-state index contributed by atoms with van der Waals surface area (Å²) in [6, 6.07) is 3.28. The molecule has 0 bridgehead atoms. The van der Waals surface area contributed by atoms with Crippen LogP contribution in [0.2, 0.25) is 0 Å². The average molecular weight is 162 g/mol. The first-order valence-electron chi connectivity index (χ1n) is 3.28. The van der Waals surface area contributed by atoms with Crippen molar-refractivity contribution >= 4 is 5.78 Å². The Balaban J connectivity index is 2.72. The Morgan fingerprint density at radius 3 is 3.17 bits per heavy atom. The second-order valence-corrected chi connectivity index (χ2v) is 2.05. The van der Waals surface area contributed by atoms with Crippen LogP contribution in [0.4, 0.5) is 0 Å². The molecule has 0 atom stereocenters. The third kappa shape index (κ3) is 2.07. The fourth-order valence-corrected chi connectivity index (χ4v) is 0.715. The molecular formula is C7H6N4O. The van der Waals surface area contributed by atoms with E-state index >= 15 is 0 Å². The molecule has 0 aliphatic rings. The summed E-state index contributed by atoms with van der Waals surface area (Å²) in [5, 5.41) is 3.15. The third-order valence-electron chi connectivity index (χ3n) is 1.26. The molecule has 5 nitrogen and oxygen atoms in total. The van der Waals surface area contributed by atoms with Gasteiger partial charge in [-0.2, -0.15) is 0 Å². The van der Waals surface area contributed by atoms with E-state index in [0.717, 1.165) is 0 Å². The molecule has 0 aliphatic carbocycles. The summed E-state index contributed by atoms with van der Waals surface area (Å²) in [4.78, 5) is 17.3. The van der Waals surface area contributed by atoms with E-state index in [2.05, 4.69) is 15.0 Å². The van der Waals surface area contributed by atoms with Crippen molar-refractivity contribution in [1.82, 2.24) is 4.98 Å². The fraction of sp³-hybridized carbons (Fsp3) is 0.143. The fourth-order valence-electron chi connectivity index (χ4n) is 0.715. The SMILES string of the molecule is [N-]=[N+]=NCC(=O)c1cccnc1. The average Bonchev–Trinajstić information content (AvgIpc) is 2.15. The molecule has 0 radical (unpaired) electrons. The summed E-state index contributed by atoms with van der Waals surface area (Å²) in [6.07, 6.45) is 3.01. The summed E-state index contributed by atoms with van der Waals surface area (Å²) in [6.45, 7) is -0.151. The highest BCUT2D eigenvalue weighted by atomic mass is 16.1. The maximum Gasteiger partial charge on any atom is 0.170 e. The van der Waals surface area contributed by atoms with Crippen molar-refractivity contribution in [3.8, 4) is 0 Å². The molecular weight excluding hydrogens is 156 g/mol. The topological polar surface area (TPSA) is 78.7 Å². The Labute approximate surface area is 68.7 Å². The number of aromatic nitrogens is 1. The van der Waals surface area contributed by atoms with Gasteiger partial charge in [-0.1, -0.05) is 5.11 Å². The van der Waals surface area contributed by atoms with Crippen LogP contribution in [-0.2, 0) is 0 Å². The van der Waals surface area contributed by atoms with Crippen LogP contribution < -0.4 is 0 Å². The van der Waals surface area contributed by atoms with Gasteiger partial charge in [0, 0.05) is 22.9 Å². The Morgan fingerprint density at radius 2 is 2.58 bits per heavy atom. The molecule has 0 N–H and O–H groups in total. The van der Waals surface area contributed by atoms with Gasteiger partial charge in [0.1, 0.15) is 0 Å². The van der Waals surface area contributed by atoms with Gasteiger partial charge in [0.15, 0.2) is 5.78 Å². The molecule has 12 heavy (non-hydrogen) atoms. The zero-order chi connectivity index (χ0) is 8.81. The molecule has 1 aromatic rings. The minimum Gasteiger partial charge on any atom is -0.294 e. The zero-order valence-corrected chi connectivity index (χ0v) is 6.21. The number of nitrogens with zero attached hydrogens (tertiary/aromatic N) is 4. The van der Waals surface area contributed by atoms with Gasteiger partial charge >= 0.3 is 0 Å². The molecule has 5 heteroatoms. The first-order chi connectivity index (χ1) is 5.84. The van der Waals surface area contributed by atoms with Crippen LogP contribution >= 0.6 is 0 Å². The number of pyridine rings is 1. The molecule has 0 saturated heterocycles. The van der Waals surface area contributed by atoms with Crippen LogP contribution in [-0.4, -0.2) is 17.3 Å². The molecule has 0 unspecified atom stereocenters. The van der Waals surface area contributed by atoms with Crippen LogP contribution in [0.5, 0.6) is 0 Å². The highest BCUT2D eigenvalue weighted by Crippen LogP contribution is 1.97. The summed E-state index contributed by atoms with van der Waals surface area (Å²) >= 11 is 0. The lowest BCUT2D eigenvalue weighted by Crippen LogP contribution is -2.02. The Bertz CT molecular complexity index is 315. The lowest BCUT2D eigenvalue weighted by atomic mass is 10.2. The maximum atomic E-state index is 11.1. The van der Waals surface area contributed by atoms with E-state index in [4.69, 9.17) is 5.53 Å². The van der Waals surface area contributed by atoms with Gasteiger partial charge in [0.2, 0.25) is 0 Å². The van der Waals surface area contributed by atoms with E-state index in [1.54, 1.807) is 18.3 Å². The monoisotopic (exact) mass is 162 g/mol. The van der Waals surface area contributed by atoms with E-state index in [1.165, 1.54) is 6.20 Å². The first kappa shape index (κ1) is 8.23. The Hall–Kier alpha value is -1.87. The van der Waals surface area contributed by atoms with Crippen molar-refractivity contribution in [1.29, 1.82) is 0 Å². The summed E-state index contributed by atoms with van der Waals surface area (Å²) in [5.41, 5.74) is 8.42. The summed E-state index contributed by atoms with van der Waals surface area (Å²) < 4.78 is 0. The van der Waals surface area contributed by atoms with E-state index in [1.807, 2.05) is 0 Å². The standard InChI is InChI=1S/C7H6N4O/c8-11-10-5-7(12)6-2-1-3-9-4-6/h1-4H,5H2. The Kier molecular flexibility index (Phi) is 2.81. The highest BCUT2D eigenvalue weighted by molar-refractivity contribution is 5.97. The molecule has 0 amide bonds. The number of rotatable bonds is 3. The smallest absolute Gasteiger partial charge is 0.170 e. The van der Waals surface area contributed by atoms with Gasteiger partial charge < -0.3 is 0 Å². The van der Waals surface area contributed by atoms with Gasteiger partial charge in [0.05, 0.1) is 6.54 Å². The van der Waals surface area contributed by atoms with Crippen LogP contribution in [0, 0.1) is 0 Å². The van der Waals surface area contributed by atoms with Crippen molar-refractivity contribution in [3.05, 3.63) is 40.5 Å². The number of ketones is 1. The minimum atomic E-state index is -0.221. The predicted octanol–water partition coefficient (Wildman–Crippen LogP) is 1.57. The molecule has 60 valence electrons. The summed E-state index contributed by atoms with van der Waals surface area (Å²) in [7, 11) is 0. The number of hydrogen-bond donors (Lipinski definition) is 0. The molecule has 0 aromatic carbocycles. The third-order valence-corrected chi connectivity index (χ3v) is 1.26. The summed E-state index contributed by atoms with van der Waals surface area (Å²) in [5.74, 6) is -0.221. The predicted molar refractivity (Wildman–Crippen MR) is 42.6 cm³/mol. The number of carbonyl (C=O) groups is 1. The molecule has 1 rings (SSSR count). The zero-order valence-electron chi connectivity index (χ0n) is 6.21. The van der Waals surface area contributed by atoms with Gasteiger partial charge in [-0.05, 0) is 17.7 Å². The number of carbonyl (C=O) groups excluding carboxylic acids is 1. The van der Waals surface area contributed by atoms with Gasteiger partial charge in [-0.25, -0.2) is 0 Å². The molecule has 0 spiro atoms. The lowest BCUT2D eigenvalue weighted by molar-refractivity contribution is 0.100. The number of azide groups is 1. The van der Waals surface area contributed by atoms with Crippen molar-refractivity contribution in [3.63, 3.8) is 0 Å². The molecule has 1 heterocycles. The van der Waals surface area contributed by atoms with Crippen molar-refractivity contribution < 1.29 is 4.79 Å². The van der Waals surface area contributed by atoms with Crippen LogP contribution in [0.1, 0.15) is 10.4 Å². The van der Waals surface area contributed by atoms with Gasteiger partial charge in [-0.3, -0.25) is 9.78 Å². The Morgan fingerprint density at radius 1 is 1.75 bits per heavy atom. The van der Waals surface area contributed by atoms with Crippen molar-refractivity contribution in [2.45, 2.75) is 0 Å². The van der Waals surface area contributed by atoms with E-state index < -0.39 is 0 Å². The van der Waals surface area contributed by atoms with Crippen LogP contribution in [0.15, 0.2) is 29.6 Å². The first-order valence-corrected chi connectivity index (χ1v) is 3.28. The lowest BCUT2D eigenvalue weighted by Gasteiger charge is -1.93. The molecule has 0 fully saturated rings. The van der Waals surface area contributed by atoms with Gasteiger partial charge in [-0.15, -0.1) is 0 Å². The van der Waals surface area contributed by atoms with E-state index in [0.29, 0.717) is 5.56 Å². The van der Waals surface area contributed by atoms with Crippen LogP contribution in [0.25, 0.3) is 10.4 Å². The van der Waals surface area contributed by atoms with Gasteiger partial charge in [0.25, 0.3) is 0 Å². The quantitative estimate of drug-likeness (QED) is 0.292.